The highest BCUT2D eigenvalue weighted by molar-refractivity contribution is 7.20. The monoisotopic (exact) mass is 350 g/mol. The van der Waals surface area contributed by atoms with Crippen molar-refractivity contribution in [2.24, 2.45) is 5.92 Å². The Hall–Kier alpha value is -2.08. The molecular formula is C18H22O5S. The van der Waals surface area contributed by atoms with Crippen molar-refractivity contribution in [2.75, 3.05) is 21.3 Å². The lowest BCUT2D eigenvalue weighted by Gasteiger charge is -2.11. The van der Waals surface area contributed by atoms with Crippen molar-refractivity contribution in [1.29, 1.82) is 0 Å². The van der Waals surface area contributed by atoms with Gasteiger partial charge in [-0.3, -0.25) is 9.59 Å². The lowest BCUT2D eigenvalue weighted by Crippen LogP contribution is -2.19. The van der Waals surface area contributed by atoms with Crippen molar-refractivity contribution in [2.45, 2.75) is 26.2 Å². The topological polar surface area (TPSA) is 61.8 Å². The molecule has 2 aromatic rings. The van der Waals surface area contributed by atoms with E-state index < -0.39 is 0 Å². The highest BCUT2D eigenvalue weighted by Gasteiger charge is 2.23. The van der Waals surface area contributed by atoms with Crippen LogP contribution in [0.3, 0.4) is 0 Å². The summed E-state index contributed by atoms with van der Waals surface area (Å²) < 4.78 is 16.3. The summed E-state index contributed by atoms with van der Waals surface area (Å²) in [7, 11) is 4.51. The lowest BCUT2D eigenvalue weighted by molar-refractivity contribution is -0.145. The number of Topliss-reactive ketones (excluding diaryl/α,β-unsaturated/α-hetero) is 1. The summed E-state index contributed by atoms with van der Waals surface area (Å²) in [6.07, 6.45) is 1.64. The van der Waals surface area contributed by atoms with Crippen LogP contribution < -0.4 is 9.47 Å². The van der Waals surface area contributed by atoms with Crippen LogP contribution in [-0.2, 0) is 9.53 Å². The summed E-state index contributed by atoms with van der Waals surface area (Å²) in [4.78, 5) is 25.0. The smallest absolute Gasteiger partial charge is 0.309 e. The Labute approximate surface area is 145 Å². The first-order chi connectivity index (χ1) is 11.5. The van der Waals surface area contributed by atoms with E-state index in [0.29, 0.717) is 22.8 Å². The fraction of sp³-hybridized carbons (Fsp3) is 0.444. The third-order valence-corrected chi connectivity index (χ3v) is 5.04. The van der Waals surface area contributed by atoms with Gasteiger partial charge in [0.15, 0.2) is 17.3 Å². The number of ketones is 1. The molecule has 1 unspecified atom stereocenters. The maximum atomic E-state index is 12.6. The van der Waals surface area contributed by atoms with Crippen LogP contribution in [0.1, 0.15) is 35.9 Å². The van der Waals surface area contributed by atoms with Gasteiger partial charge in [0, 0.05) is 17.2 Å². The van der Waals surface area contributed by atoms with Gasteiger partial charge in [-0.15, -0.1) is 11.3 Å². The first kappa shape index (κ1) is 18.3. The molecule has 24 heavy (non-hydrogen) atoms. The standard InChI is InChI=1S/C18H22O5S/c1-5-6-11(18(20)23-4)7-13(19)17-9-12-8-14(21-2)15(22-3)10-16(12)24-17/h8-11H,5-7H2,1-4H3. The minimum absolute atomic E-state index is 0.0435. The van der Waals surface area contributed by atoms with Crippen LogP contribution in [0.2, 0.25) is 0 Å². The second kappa shape index (κ2) is 8.15. The zero-order valence-corrected chi connectivity index (χ0v) is 15.2. The predicted molar refractivity (Wildman–Crippen MR) is 94.3 cm³/mol. The molecule has 6 heteroatoms. The Bertz CT molecular complexity index is 693. The van der Waals surface area contributed by atoms with Crippen LogP contribution >= 0.6 is 11.3 Å². The Morgan fingerprint density at radius 1 is 1.08 bits per heavy atom. The zero-order valence-electron chi connectivity index (χ0n) is 14.4. The number of rotatable bonds is 8. The molecule has 1 atom stereocenters. The molecule has 130 valence electrons. The van der Waals surface area contributed by atoms with E-state index >= 15 is 0 Å². The molecule has 0 aliphatic heterocycles. The third-order valence-electron chi connectivity index (χ3n) is 3.90. The Kier molecular flexibility index (Phi) is 6.20. The summed E-state index contributed by atoms with van der Waals surface area (Å²) in [5, 5.41) is 0.922. The number of carbonyl (C=O) groups excluding carboxylic acids is 2. The minimum Gasteiger partial charge on any atom is -0.493 e. The van der Waals surface area contributed by atoms with Gasteiger partial charge in [-0.2, -0.15) is 0 Å². The number of ether oxygens (including phenoxy) is 3. The molecule has 0 amide bonds. The second-order valence-corrected chi connectivity index (χ2v) is 6.58. The van der Waals surface area contributed by atoms with E-state index in [1.54, 1.807) is 14.2 Å². The zero-order chi connectivity index (χ0) is 17.7. The molecule has 1 aromatic carbocycles. The second-order valence-electron chi connectivity index (χ2n) is 5.49. The van der Waals surface area contributed by atoms with Gasteiger partial charge in [-0.25, -0.2) is 0 Å². The van der Waals surface area contributed by atoms with Crippen molar-refractivity contribution in [3.8, 4) is 11.5 Å². The number of thiophene rings is 1. The molecule has 2 rings (SSSR count). The summed E-state index contributed by atoms with van der Waals surface area (Å²) in [5.74, 6) is 0.499. The normalized spacial score (nSPS) is 12.0. The Balaban J connectivity index is 2.27. The fourth-order valence-corrected chi connectivity index (χ4v) is 3.67. The Morgan fingerprint density at radius 3 is 2.33 bits per heavy atom. The summed E-state index contributed by atoms with van der Waals surface area (Å²) in [6, 6.07) is 5.55. The largest absolute Gasteiger partial charge is 0.493 e. The minimum atomic E-state index is -0.387. The number of fused-ring (bicyclic) bond motifs is 1. The number of hydrogen-bond donors (Lipinski definition) is 0. The summed E-state index contributed by atoms with van der Waals surface area (Å²) >= 11 is 1.40. The number of carbonyl (C=O) groups is 2. The first-order valence-corrected chi connectivity index (χ1v) is 8.62. The number of methoxy groups -OCH3 is 3. The van der Waals surface area contributed by atoms with Gasteiger partial charge in [-0.05, 0) is 23.9 Å². The molecule has 0 N–H and O–H groups in total. The predicted octanol–water partition coefficient (Wildman–Crippen LogP) is 4.08. The number of hydrogen-bond acceptors (Lipinski definition) is 6. The molecular weight excluding hydrogens is 328 g/mol. The molecule has 0 bridgehead atoms. The lowest BCUT2D eigenvalue weighted by atomic mass is 9.97. The molecule has 0 saturated heterocycles. The van der Waals surface area contributed by atoms with Crippen molar-refractivity contribution in [3.05, 3.63) is 23.1 Å². The number of esters is 1. The summed E-state index contributed by atoms with van der Waals surface area (Å²) in [5.41, 5.74) is 0. The highest BCUT2D eigenvalue weighted by atomic mass is 32.1. The Morgan fingerprint density at radius 2 is 1.75 bits per heavy atom. The van der Waals surface area contributed by atoms with Gasteiger partial charge in [0.1, 0.15) is 0 Å². The van der Waals surface area contributed by atoms with E-state index in [2.05, 4.69) is 0 Å². The van der Waals surface area contributed by atoms with Crippen LogP contribution in [0.25, 0.3) is 10.1 Å². The maximum absolute atomic E-state index is 12.6. The van der Waals surface area contributed by atoms with Gasteiger partial charge >= 0.3 is 5.97 Å². The van der Waals surface area contributed by atoms with Crippen LogP contribution in [0.15, 0.2) is 18.2 Å². The van der Waals surface area contributed by atoms with E-state index in [9.17, 15) is 9.59 Å². The molecule has 0 saturated carbocycles. The average Bonchev–Trinajstić information content (AvgIpc) is 3.02. The van der Waals surface area contributed by atoms with Crippen LogP contribution in [0.5, 0.6) is 11.5 Å². The first-order valence-electron chi connectivity index (χ1n) is 7.80. The van der Waals surface area contributed by atoms with E-state index in [0.717, 1.165) is 16.5 Å². The van der Waals surface area contributed by atoms with E-state index in [-0.39, 0.29) is 24.1 Å². The van der Waals surface area contributed by atoms with Gasteiger partial charge < -0.3 is 14.2 Å². The highest BCUT2D eigenvalue weighted by Crippen LogP contribution is 2.37. The molecule has 0 spiro atoms. The van der Waals surface area contributed by atoms with E-state index in [1.807, 2.05) is 25.1 Å². The average molecular weight is 350 g/mol. The van der Waals surface area contributed by atoms with Gasteiger partial charge in [0.2, 0.25) is 0 Å². The van der Waals surface area contributed by atoms with Gasteiger partial charge in [-0.1, -0.05) is 13.3 Å². The molecule has 1 heterocycles. The fourth-order valence-electron chi connectivity index (χ4n) is 2.65. The van der Waals surface area contributed by atoms with Gasteiger partial charge in [0.05, 0.1) is 32.1 Å². The van der Waals surface area contributed by atoms with Crippen molar-refractivity contribution >= 4 is 33.2 Å². The quantitative estimate of drug-likeness (QED) is 0.530. The van der Waals surface area contributed by atoms with Crippen LogP contribution in [-0.4, -0.2) is 33.1 Å². The van der Waals surface area contributed by atoms with Crippen molar-refractivity contribution in [3.63, 3.8) is 0 Å². The summed E-state index contributed by atoms with van der Waals surface area (Å²) in [6.45, 7) is 1.98. The molecule has 0 aliphatic rings. The van der Waals surface area contributed by atoms with E-state index in [1.165, 1.54) is 18.4 Å². The molecule has 0 fully saturated rings. The SMILES string of the molecule is CCCC(CC(=O)c1cc2cc(OC)c(OC)cc2s1)C(=O)OC. The number of benzene rings is 1. The molecule has 0 aliphatic carbocycles. The van der Waals surface area contributed by atoms with Crippen LogP contribution in [0, 0.1) is 5.92 Å². The van der Waals surface area contributed by atoms with Crippen LogP contribution in [0.4, 0.5) is 0 Å². The third kappa shape index (κ3) is 3.87. The van der Waals surface area contributed by atoms with Gasteiger partial charge in [0.25, 0.3) is 0 Å². The maximum Gasteiger partial charge on any atom is 0.309 e. The van der Waals surface area contributed by atoms with Crippen molar-refractivity contribution in [1.82, 2.24) is 0 Å². The molecule has 5 nitrogen and oxygen atoms in total. The molecule has 1 aromatic heterocycles. The van der Waals surface area contributed by atoms with Crippen molar-refractivity contribution < 1.29 is 23.8 Å². The molecule has 0 radical (unpaired) electrons. The van der Waals surface area contributed by atoms with E-state index in [4.69, 9.17) is 14.2 Å².